The van der Waals surface area contributed by atoms with Crippen LogP contribution >= 0.6 is 11.6 Å². The van der Waals surface area contributed by atoms with Gasteiger partial charge in [-0.1, -0.05) is 36.6 Å². The molecule has 0 amide bonds. The molecule has 2 rings (SSSR count). The van der Waals surface area contributed by atoms with Gasteiger partial charge in [0.1, 0.15) is 0 Å². The summed E-state index contributed by atoms with van der Waals surface area (Å²) in [4.78, 5) is 11.3. The zero-order valence-corrected chi connectivity index (χ0v) is 13.4. The van der Waals surface area contributed by atoms with Gasteiger partial charge in [0, 0.05) is 5.02 Å². The number of hydrogen-bond acceptors (Lipinski definition) is 2. The van der Waals surface area contributed by atoms with Crippen LogP contribution in [-0.4, -0.2) is 22.3 Å². The first-order valence-electron chi connectivity index (χ1n) is 7.52. The quantitative estimate of drug-likeness (QED) is 0.889. The van der Waals surface area contributed by atoms with E-state index in [4.69, 9.17) is 11.6 Å². The molecule has 0 unspecified atom stereocenters. The number of benzene rings is 1. The molecule has 1 aliphatic carbocycles. The van der Waals surface area contributed by atoms with Crippen molar-refractivity contribution >= 4 is 17.6 Å². The van der Waals surface area contributed by atoms with Crippen molar-refractivity contribution in [3.8, 4) is 0 Å². The number of carboxylic acid groups (broad SMARTS) is 1. The fraction of sp³-hybridized carbons (Fsp3) is 0.588. The van der Waals surface area contributed by atoms with Crippen LogP contribution in [-0.2, 0) is 16.6 Å². The first-order chi connectivity index (χ1) is 9.82. The molecule has 1 aliphatic rings. The van der Waals surface area contributed by atoms with Crippen molar-refractivity contribution in [3.05, 3.63) is 34.3 Å². The maximum Gasteiger partial charge on any atom is 0.313 e. The van der Waals surface area contributed by atoms with Crippen LogP contribution in [0.2, 0.25) is 5.02 Å². The number of halogens is 1. The summed E-state index contributed by atoms with van der Waals surface area (Å²) < 4.78 is 0. The van der Waals surface area contributed by atoms with Crippen LogP contribution in [0.3, 0.4) is 0 Å². The molecule has 2 N–H and O–H groups in total. The van der Waals surface area contributed by atoms with Crippen LogP contribution in [0, 0.1) is 5.92 Å². The van der Waals surface area contributed by atoms with E-state index >= 15 is 0 Å². The predicted molar refractivity (Wildman–Crippen MR) is 83.8 cm³/mol. The molecule has 1 aromatic carbocycles. The van der Waals surface area contributed by atoms with Gasteiger partial charge < -0.3 is 10.2 Å². The van der Waals surface area contributed by atoms with Crippen molar-refractivity contribution in [1.29, 1.82) is 0 Å². The van der Waals surface area contributed by atoms with Crippen molar-refractivity contribution < 1.29 is 15.0 Å². The van der Waals surface area contributed by atoms with Crippen molar-refractivity contribution in [3.63, 3.8) is 0 Å². The standard InChI is InChI=1S/C17H23ClO3/c1-17(2,16(20)21)13-8-7-11(14(18)10-13)9-12-5-3-4-6-15(12)19/h7-8,10,12,15,19H,3-6,9H2,1-2H3,(H,20,21)/t12-,15-/m0/s1. The van der Waals surface area contributed by atoms with E-state index < -0.39 is 11.4 Å². The van der Waals surface area contributed by atoms with Crippen molar-refractivity contribution in [2.24, 2.45) is 5.92 Å². The molecule has 0 aromatic heterocycles. The second-order valence-corrected chi connectivity index (χ2v) is 6.96. The highest BCUT2D eigenvalue weighted by Gasteiger charge is 2.30. The summed E-state index contributed by atoms with van der Waals surface area (Å²) in [5.74, 6) is -0.608. The zero-order chi connectivity index (χ0) is 15.6. The molecule has 0 radical (unpaired) electrons. The normalized spacial score (nSPS) is 23.0. The number of carbonyl (C=O) groups is 1. The third-order valence-electron chi connectivity index (χ3n) is 4.66. The fourth-order valence-corrected chi connectivity index (χ4v) is 3.19. The van der Waals surface area contributed by atoms with Crippen molar-refractivity contribution in [2.75, 3.05) is 0 Å². The highest BCUT2D eigenvalue weighted by molar-refractivity contribution is 6.31. The summed E-state index contributed by atoms with van der Waals surface area (Å²) in [6, 6.07) is 5.49. The summed E-state index contributed by atoms with van der Waals surface area (Å²) in [7, 11) is 0. The Bertz CT molecular complexity index is 525. The number of carboxylic acids is 1. The molecule has 0 spiro atoms. The van der Waals surface area contributed by atoms with Crippen molar-refractivity contribution in [1.82, 2.24) is 0 Å². The van der Waals surface area contributed by atoms with Crippen LogP contribution in [0.1, 0.15) is 50.7 Å². The van der Waals surface area contributed by atoms with Gasteiger partial charge in [-0.3, -0.25) is 4.79 Å². The van der Waals surface area contributed by atoms with Gasteiger partial charge in [-0.2, -0.15) is 0 Å². The van der Waals surface area contributed by atoms with Crippen LogP contribution in [0.15, 0.2) is 18.2 Å². The van der Waals surface area contributed by atoms with Gasteiger partial charge in [-0.05, 0) is 56.2 Å². The van der Waals surface area contributed by atoms with E-state index in [2.05, 4.69) is 0 Å². The SMILES string of the molecule is CC(C)(C(=O)O)c1ccc(C[C@@H]2CCCC[C@@H]2O)c(Cl)c1. The summed E-state index contributed by atoms with van der Waals surface area (Å²) >= 11 is 6.33. The lowest BCUT2D eigenvalue weighted by Crippen LogP contribution is -2.29. The van der Waals surface area contributed by atoms with Gasteiger partial charge in [-0.25, -0.2) is 0 Å². The largest absolute Gasteiger partial charge is 0.481 e. The fourth-order valence-electron chi connectivity index (χ4n) is 2.93. The monoisotopic (exact) mass is 310 g/mol. The van der Waals surface area contributed by atoms with Gasteiger partial charge in [0.15, 0.2) is 0 Å². The zero-order valence-electron chi connectivity index (χ0n) is 12.6. The minimum absolute atomic E-state index is 0.245. The van der Waals surface area contributed by atoms with Crippen molar-refractivity contribution in [2.45, 2.75) is 57.5 Å². The Hall–Kier alpha value is -1.06. The highest BCUT2D eigenvalue weighted by Crippen LogP contribution is 2.32. The summed E-state index contributed by atoms with van der Waals surface area (Å²) in [5, 5.41) is 19.9. The second-order valence-electron chi connectivity index (χ2n) is 6.55. The maximum atomic E-state index is 11.3. The average molecular weight is 311 g/mol. The second kappa shape index (κ2) is 6.37. The molecule has 0 heterocycles. The number of aliphatic hydroxyl groups excluding tert-OH is 1. The molecule has 1 saturated carbocycles. The third kappa shape index (κ3) is 3.58. The van der Waals surface area contributed by atoms with Crippen LogP contribution < -0.4 is 0 Å². The average Bonchev–Trinajstić information content (AvgIpc) is 2.43. The topological polar surface area (TPSA) is 57.5 Å². The predicted octanol–water partition coefficient (Wildman–Crippen LogP) is 3.80. The molecule has 3 nitrogen and oxygen atoms in total. The summed E-state index contributed by atoms with van der Waals surface area (Å²) in [6.07, 6.45) is 4.66. The molecular weight excluding hydrogens is 288 g/mol. The minimum atomic E-state index is -0.952. The Kier molecular flexibility index (Phi) is 4.95. The lowest BCUT2D eigenvalue weighted by Gasteiger charge is -2.28. The van der Waals surface area contributed by atoms with Gasteiger partial charge in [0.2, 0.25) is 0 Å². The van der Waals surface area contributed by atoms with E-state index in [9.17, 15) is 15.0 Å². The molecule has 0 bridgehead atoms. The summed E-state index contributed by atoms with van der Waals surface area (Å²) in [5.41, 5.74) is 0.743. The van der Waals surface area contributed by atoms with E-state index in [1.54, 1.807) is 19.9 Å². The minimum Gasteiger partial charge on any atom is -0.481 e. The molecular formula is C17H23ClO3. The van der Waals surface area contributed by atoms with E-state index in [0.717, 1.165) is 37.7 Å². The molecule has 1 fully saturated rings. The smallest absolute Gasteiger partial charge is 0.313 e. The lowest BCUT2D eigenvalue weighted by molar-refractivity contribution is -0.142. The van der Waals surface area contributed by atoms with E-state index in [1.807, 2.05) is 12.1 Å². The Labute approximate surface area is 130 Å². The lowest BCUT2D eigenvalue weighted by atomic mass is 9.81. The Morgan fingerprint density at radius 2 is 2.00 bits per heavy atom. The van der Waals surface area contributed by atoms with E-state index in [1.165, 1.54) is 0 Å². The van der Waals surface area contributed by atoms with Crippen LogP contribution in [0.25, 0.3) is 0 Å². The Morgan fingerprint density at radius 3 is 2.57 bits per heavy atom. The molecule has 0 aliphatic heterocycles. The Morgan fingerprint density at radius 1 is 1.33 bits per heavy atom. The highest BCUT2D eigenvalue weighted by atomic mass is 35.5. The third-order valence-corrected chi connectivity index (χ3v) is 5.01. The van der Waals surface area contributed by atoms with Gasteiger partial charge in [0.05, 0.1) is 11.5 Å². The number of rotatable bonds is 4. The number of aliphatic carboxylic acids is 1. The molecule has 116 valence electrons. The molecule has 1 aromatic rings. The molecule has 21 heavy (non-hydrogen) atoms. The summed E-state index contributed by atoms with van der Waals surface area (Å²) in [6.45, 7) is 3.34. The number of aliphatic hydroxyl groups is 1. The molecule has 0 saturated heterocycles. The molecule has 2 atom stereocenters. The maximum absolute atomic E-state index is 11.3. The number of hydrogen-bond donors (Lipinski definition) is 2. The van der Waals surface area contributed by atoms with Crippen LogP contribution in [0.4, 0.5) is 0 Å². The van der Waals surface area contributed by atoms with Gasteiger partial charge in [0.25, 0.3) is 0 Å². The van der Waals surface area contributed by atoms with E-state index in [-0.39, 0.29) is 12.0 Å². The van der Waals surface area contributed by atoms with E-state index in [0.29, 0.717) is 10.6 Å². The first-order valence-corrected chi connectivity index (χ1v) is 7.90. The first kappa shape index (κ1) is 16.3. The molecule has 4 heteroatoms. The van der Waals surface area contributed by atoms with Gasteiger partial charge in [-0.15, -0.1) is 0 Å². The van der Waals surface area contributed by atoms with Gasteiger partial charge >= 0.3 is 5.97 Å². The Balaban J connectivity index is 2.18. The van der Waals surface area contributed by atoms with Crippen LogP contribution in [0.5, 0.6) is 0 Å².